The fraction of sp³-hybridized carbons (Fsp3) is 0.750. The number of ether oxygens (including phenoxy) is 1. The van der Waals surface area contributed by atoms with Gasteiger partial charge in [-0.15, -0.1) is 0 Å². The fourth-order valence-electron chi connectivity index (χ4n) is 5.00. The number of hydrogen-bond donors (Lipinski definition) is 0. The van der Waals surface area contributed by atoms with Crippen LogP contribution in [0.4, 0.5) is 0 Å². The summed E-state index contributed by atoms with van der Waals surface area (Å²) in [5, 5.41) is 0. The summed E-state index contributed by atoms with van der Waals surface area (Å²) in [6.45, 7) is 5.56. The smallest absolute Gasteiger partial charge is 0.0603 e. The zero-order valence-electron chi connectivity index (χ0n) is 16.5. The molecule has 0 amide bonds. The van der Waals surface area contributed by atoms with E-state index in [0.29, 0.717) is 6.10 Å². The van der Waals surface area contributed by atoms with E-state index in [9.17, 15) is 0 Å². The minimum Gasteiger partial charge on any atom is -0.378 e. The molecule has 2 unspecified atom stereocenters. The molecule has 25 heavy (non-hydrogen) atoms. The Balaban J connectivity index is 1.36. The van der Waals surface area contributed by atoms with Gasteiger partial charge in [0, 0.05) is 6.61 Å². The van der Waals surface area contributed by atoms with E-state index in [1.165, 1.54) is 75.3 Å². The summed E-state index contributed by atoms with van der Waals surface area (Å²) in [6, 6.07) is 9.29. The van der Waals surface area contributed by atoms with Crippen molar-refractivity contribution in [3.63, 3.8) is 0 Å². The molecule has 2 fully saturated rings. The van der Waals surface area contributed by atoms with E-state index >= 15 is 0 Å². The summed E-state index contributed by atoms with van der Waals surface area (Å²) in [5.41, 5.74) is 2.98. The predicted molar refractivity (Wildman–Crippen MR) is 107 cm³/mol. The summed E-state index contributed by atoms with van der Waals surface area (Å²) in [5.74, 6) is 2.64. The minimum atomic E-state index is 0.579. The molecular weight excluding hydrogens is 304 g/mol. The molecule has 1 aliphatic carbocycles. The van der Waals surface area contributed by atoms with Crippen LogP contribution in [-0.2, 0) is 17.6 Å². The van der Waals surface area contributed by atoms with Gasteiger partial charge in [0.2, 0.25) is 0 Å². The van der Waals surface area contributed by atoms with E-state index in [0.717, 1.165) is 30.8 Å². The molecule has 1 heteroatoms. The molecule has 140 valence electrons. The van der Waals surface area contributed by atoms with Crippen LogP contribution in [0.5, 0.6) is 0 Å². The van der Waals surface area contributed by atoms with Crippen molar-refractivity contribution < 1.29 is 4.74 Å². The SMILES string of the molecule is CCCC1CCC(C2CCC(CCc3ccc(CC)cc3)CC2)OC1. The third kappa shape index (κ3) is 5.58. The maximum atomic E-state index is 6.27. The molecule has 0 radical (unpaired) electrons. The van der Waals surface area contributed by atoms with Gasteiger partial charge in [0.05, 0.1) is 6.10 Å². The van der Waals surface area contributed by atoms with Crippen molar-refractivity contribution in [1.82, 2.24) is 0 Å². The number of benzene rings is 1. The largest absolute Gasteiger partial charge is 0.378 e. The molecule has 2 aliphatic rings. The number of aryl methyl sites for hydroxylation is 2. The lowest BCUT2D eigenvalue weighted by molar-refractivity contribution is -0.0596. The van der Waals surface area contributed by atoms with Crippen LogP contribution >= 0.6 is 0 Å². The monoisotopic (exact) mass is 342 g/mol. The van der Waals surface area contributed by atoms with E-state index in [4.69, 9.17) is 4.74 Å². The van der Waals surface area contributed by atoms with Crippen molar-refractivity contribution >= 4 is 0 Å². The Morgan fingerprint density at radius 3 is 2.08 bits per heavy atom. The lowest BCUT2D eigenvalue weighted by Gasteiger charge is -2.38. The van der Waals surface area contributed by atoms with E-state index in [1.807, 2.05) is 0 Å². The lowest BCUT2D eigenvalue weighted by atomic mass is 9.75. The summed E-state index contributed by atoms with van der Waals surface area (Å²) in [6.07, 6.45) is 15.4. The van der Waals surface area contributed by atoms with Crippen molar-refractivity contribution in [1.29, 1.82) is 0 Å². The van der Waals surface area contributed by atoms with Gasteiger partial charge in [0.1, 0.15) is 0 Å². The van der Waals surface area contributed by atoms with Crippen molar-refractivity contribution in [2.24, 2.45) is 17.8 Å². The Labute approximate surface area is 155 Å². The molecule has 2 atom stereocenters. The number of hydrogen-bond acceptors (Lipinski definition) is 1. The zero-order chi connectivity index (χ0) is 17.5. The van der Waals surface area contributed by atoms with Crippen LogP contribution in [0.1, 0.15) is 82.8 Å². The first-order chi connectivity index (χ1) is 12.3. The predicted octanol–water partition coefficient (Wildman–Crippen LogP) is 6.58. The normalized spacial score (nSPS) is 30.3. The summed E-state index contributed by atoms with van der Waals surface area (Å²) in [7, 11) is 0. The second kappa shape index (κ2) is 9.76. The topological polar surface area (TPSA) is 9.23 Å². The molecule has 1 nitrogen and oxygen atoms in total. The molecule has 1 heterocycles. The first kappa shape index (κ1) is 19.0. The highest BCUT2D eigenvalue weighted by atomic mass is 16.5. The molecule has 0 spiro atoms. The summed E-state index contributed by atoms with van der Waals surface area (Å²) >= 11 is 0. The zero-order valence-corrected chi connectivity index (χ0v) is 16.5. The standard InChI is InChI=1S/C24H38O/c1-3-5-22-14-17-24(25-18-22)23-15-12-21(13-16-23)11-10-20-8-6-19(4-2)7-9-20/h6-9,21-24H,3-5,10-18H2,1-2H3. The van der Waals surface area contributed by atoms with Crippen LogP contribution in [0.2, 0.25) is 0 Å². The minimum absolute atomic E-state index is 0.579. The van der Waals surface area contributed by atoms with Crippen molar-refractivity contribution in [2.75, 3.05) is 6.61 Å². The molecule has 1 saturated carbocycles. The van der Waals surface area contributed by atoms with Gasteiger partial charge in [-0.3, -0.25) is 0 Å². The van der Waals surface area contributed by atoms with Gasteiger partial charge in [0.15, 0.2) is 0 Å². The maximum absolute atomic E-state index is 6.27. The lowest BCUT2D eigenvalue weighted by Crippen LogP contribution is -2.34. The molecule has 0 N–H and O–H groups in total. The Kier molecular flexibility index (Phi) is 7.40. The Hall–Kier alpha value is -0.820. The van der Waals surface area contributed by atoms with Crippen molar-refractivity contribution in [3.8, 4) is 0 Å². The fourth-order valence-corrected chi connectivity index (χ4v) is 5.00. The Bertz CT molecular complexity index is 475. The third-order valence-corrected chi connectivity index (χ3v) is 6.79. The van der Waals surface area contributed by atoms with Crippen LogP contribution in [0.25, 0.3) is 0 Å². The van der Waals surface area contributed by atoms with E-state index in [-0.39, 0.29) is 0 Å². The molecule has 1 aliphatic heterocycles. The van der Waals surface area contributed by atoms with Gasteiger partial charge >= 0.3 is 0 Å². The maximum Gasteiger partial charge on any atom is 0.0603 e. The van der Waals surface area contributed by atoms with Gasteiger partial charge in [-0.1, -0.05) is 57.4 Å². The van der Waals surface area contributed by atoms with Gasteiger partial charge in [-0.2, -0.15) is 0 Å². The quantitative estimate of drug-likeness (QED) is 0.543. The first-order valence-corrected chi connectivity index (χ1v) is 11.0. The van der Waals surface area contributed by atoms with E-state index in [1.54, 1.807) is 0 Å². The second-order valence-electron chi connectivity index (χ2n) is 8.59. The van der Waals surface area contributed by atoms with Crippen molar-refractivity contribution in [3.05, 3.63) is 35.4 Å². The summed E-state index contributed by atoms with van der Waals surface area (Å²) < 4.78 is 6.27. The Morgan fingerprint density at radius 2 is 1.48 bits per heavy atom. The molecule has 3 rings (SSSR count). The molecule has 1 aromatic rings. The highest BCUT2D eigenvalue weighted by molar-refractivity contribution is 5.22. The van der Waals surface area contributed by atoms with Gasteiger partial charge in [-0.05, 0) is 80.2 Å². The molecular formula is C24H38O. The van der Waals surface area contributed by atoms with Crippen LogP contribution in [0.3, 0.4) is 0 Å². The van der Waals surface area contributed by atoms with E-state index < -0.39 is 0 Å². The summed E-state index contributed by atoms with van der Waals surface area (Å²) in [4.78, 5) is 0. The molecule has 1 aromatic carbocycles. The van der Waals surface area contributed by atoms with Crippen LogP contribution < -0.4 is 0 Å². The first-order valence-electron chi connectivity index (χ1n) is 11.0. The highest BCUT2D eigenvalue weighted by Gasteiger charge is 2.31. The van der Waals surface area contributed by atoms with Gasteiger partial charge in [0.25, 0.3) is 0 Å². The second-order valence-corrected chi connectivity index (χ2v) is 8.59. The van der Waals surface area contributed by atoms with E-state index in [2.05, 4.69) is 38.1 Å². The number of rotatable bonds is 7. The molecule has 0 aromatic heterocycles. The average Bonchev–Trinajstić information content (AvgIpc) is 2.68. The Morgan fingerprint density at radius 1 is 0.800 bits per heavy atom. The van der Waals surface area contributed by atoms with Crippen molar-refractivity contribution in [2.45, 2.75) is 90.6 Å². The molecule has 1 saturated heterocycles. The molecule has 0 bridgehead atoms. The van der Waals surface area contributed by atoms with Crippen LogP contribution in [0, 0.1) is 17.8 Å². The van der Waals surface area contributed by atoms with Crippen LogP contribution in [0.15, 0.2) is 24.3 Å². The van der Waals surface area contributed by atoms with Gasteiger partial charge in [-0.25, -0.2) is 0 Å². The van der Waals surface area contributed by atoms with Gasteiger partial charge < -0.3 is 4.74 Å². The third-order valence-electron chi connectivity index (χ3n) is 6.79. The highest BCUT2D eigenvalue weighted by Crippen LogP contribution is 2.37. The average molecular weight is 343 g/mol. The van der Waals surface area contributed by atoms with Crippen LogP contribution in [-0.4, -0.2) is 12.7 Å².